The summed E-state index contributed by atoms with van der Waals surface area (Å²) in [7, 11) is 0. The Morgan fingerprint density at radius 2 is 2.08 bits per heavy atom. The third-order valence-corrected chi connectivity index (χ3v) is 3.55. The van der Waals surface area contributed by atoms with Gasteiger partial charge in [-0.05, 0) is 26.8 Å². The number of esters is 1. The molecule has 0 saturated heterocycles. The lowest BCUT2D eigenvalue weighted by atomic mass is 10.0. The number of benzene rings is 1. The minimum absolute atomic E-state index is 0.0828. The standard InChI is InChI=1S/C18H20N2O5/c1-11(20)13(8-19)14(21)9-24-16(22)10-23-15-6-4-5-12-7-18(2,3)25-17(12)15/h4-6H,7,9-10,20H2,1-3H3/b13-11-. The van der Waals surface area contributed by atoms with Crippen molar-refractivity contribution in [3.63, 3.8) is 0 Å². The van der Waals surface area contributed by atoms with Crippen molar-refractivity contribution in [2.75, 3.05) is 13.2 Å². The molecule has 0 radical (unpaired) electrons. The van der Waals surface area contributed by atoms with Crippen LogP contribution in [0.15, 0.2) is 29.5 Å². The van der Waals surface area contributed by atoms with Crippen LogP contribution < -0.4 is 15.2 Å². The first-order valence-electron chi connectivity index (χ1n) is 7.72. The van der Waals surface area contributed by atoms with Gasteiger partial charge >= 0.3 is 5.97 Å². The van der Waals surface area contributed by atoms with E-state index in [0.717, 1.165) is 12.0 Å². The molecule has 2 N–H and O–H groups in total. The molecule has 1 aromatic carbocycles. The number of para-hydroxylation sites is 1. The quantitative estimate of drug-likeness (QED) is 0.474. The third-order valence-electron chi connectivity index (χ3n) is 3.55. The van der Waals surface area contributed by atoms with Gasteiger partial charge in [0.1, 0.15) is 17.2 Å². The summed E-state index contributed by atoms with van der Waals surface area (Å²) in [6.07, 6.45) is 0.750. The van der Waals surface area contributed by atoms with Gasteiger partial charge in [-0.1, -0.05) is 12.1 Å². The molecule has 0 spiro atoms. The topological polar surface area (TPSA) is 112 Å². The Morgan fingerprint density at radius 3 is 2.72 bits per heavy atom. The highest BCUT2D eigenvalue weighted by Gasteiger charge is 2.32. The van der Waals surface area contributed by atoms with Crippen LogP contribution in [0.1, 0.15) is 26.3 Å². The maximum atomic E-state index is 11.8. The second kappa shape index (κ2) is 7.26. The van der Waals surface area contributed by atoms with Gasteiger partial charge in [-0.3, -0.25) is 4.79 Å². The number of ketones is 1. The van der Waals surface area contributed by atoms with Crippen LogP contribution in [0.2, 0.25) is 0 Å². The first-order chi connectivity index (χ1) is 11.7. The molecule has 0 bridgehead atoms. The van der Waals surface area contributed by atoms with Crippen molar-refractivity contribution >= 4 is 11.8 Å². The smallest absolute Gasteiger partial charge is 0.344 e. The summed E-state index contributed by atoms with van der Waals surface area (Å²) < 4.78 is 16.1. The fourth-order valence-electron chi connectivity index (χ4n) is 2.47. The van der Waals surface area contributed by atoms with E-state index >= 15 is 0 Å². The minimum Gasteiger partial charge on any atom is -0.483 e. The van der Waals surface area contributed by atoms with Gasteiger partial charge in [-0.15, -0.1) is 0 Å². The number of nitriles is 1. The van der Waals surface area contributed by atoms with Crippen molar-refractivity contribution in [1.29, 1.82) is 5.26 Å². The van der Waals surface area contributed by atoms with E-state index in [0.29, 0.717) is 11.5 Å². The molecule has 132 valence electrons. The second-order valence-corrected chi connectivity index (χ2v) is 6.33. The van der Waals surface area contributed by atoms with Crippen LogP contribution in [0.5, 0.6) is 11.5 Å². The molecule has 1 heterocycles. The molecule has 0 unspecified atom stereocenters. The zero-order valence-electron chi connectivity index (χ0n) is 14.4. The van der Waals surface area contributed by atoms with Gasteiger partial charge in [0.05, 0.1) is 0 Å². The van der Waals surface area contributed by atoms with Crippen LogP contribution in [0, 0.1) is 11.3 Å². The SMILES string of the molecule is C/C(N)=C(\C#N)C(=O)COC(=O)COc1cccc2c1OC(C)(C)C2. The number of Topliss-reactive ketones (excluding diaryl/α,β-unsaturated/α-hetero) is 1. The van der Waals surface area contributed by atoms with Gasteiger partial charge in [0.2, 0.25) is 5.78 Å². The highest BCUT2D eigenvalue weighted by Crippen LogP contribution is 2.41. The predicted octanol–water partition coefficient (Wildman–Crippen LogP) is 1.65. The van der Waals surface area contributed by atoms with Crippen LogP contribution >= 0.6 is 0 Å². The zero-order valence-corrected chi connectivity index (χ0v) is 14.4. The second-order valence-electron chi connectivity index (χ2n) is 6.33. The highest BCUT2D eigenvalue weighted by atomic mass is 16.6. The Labute approximate surface area is 146 Å². The number of carbonyl (C=O) groups excluding carboxylic acids is 2. The van der Waals surface area contributed by atoms with Crippen LogP contribution in [0.4, 0.5) is 0 Å². The summed E-state index contributed by atoms with van der Waals surface area (Å²) in [6.45, 7) is 4.43. The molecule has 7 heteroatoms. The van der Waals surface area contributed by atoms with Crippen LogP contribution in [0.3, 0.4) is 0 Å². The number of hydrogen-bond donors (Lipinski definition) is 1. The molecule has 25 heavy (non-hydrogen) atoms. The third kappa shape index (κ3) is 4.51. The molecule has 0 atom stereocenters. The monoisotopic (exact) mass is 344 g/mol. The van der Waals surface area contributed by atoms with E-state index in [1.807, 2.05) is 26.0 Å². The van der Waals surface area contributed by atoms with E-state index in [2.05, 4.69) is 0 Å². The summed E-state index contributed by atoms with van der Waals surface area (Å²) in [5, 5.41) is 8.83. The molecule has 7 nitrogen and oxygen atoms in total. The number of carbonyl (C=O) groups is 2. The number of hydrogen-bond acceptors (Lipinski definition) is 7. The number of fused-ring (bicyclic) bond motifs is 1. The average molecular weight is 344 g/mol. The van der Waals surface area contributed by atoms with E-state index in [1.54, 1.807) is 12.1 Å². The lowest BCUT2D eigenvalue weighted by Crippen LogP contribution is -2.25. The molecule has 0 aromatic heterocycles. The molecular weight excluding hydrogens is 324 g/mol. The number of ether oxygens (including phenoxy) is 3. The summed E-state index contributed by atoms with van der Waals surface area (Å²) in [5.74, 6) is -0.316. The summed E-state index contributed by atoms with van der Waals surface area (Å²) in [4.78, 5) is 23.5. The molecule has 1 aromatic rings. The van der Waals surface area contributed by atoms with Gasteiger partial charge in [-0.25, -0.2) is 4.79 Å². The maximum absolute atomic E-state index is 11.8. The van der Waals surface area contributed by atoms with Crippen molar-refractivity contribution in [2.45, 2.75) is 32.8 Å². The summed E-state index contributed by atoms with van der Waals surface area (Å²) in [6, 6.07) is 7.15. The van der Waals surface area contributed by atoms with Crippen molar-refractivity contribution in [3.05, 3.63) is 35.0 Å². The Morgan fingerprint density at radius 1 is 1.36 bits per heavy atom. The van der Waals surface area contributed by atoms with Gasteiger partial charge in [0, 0.05) is 17.7 Å². The molecule has 0 fully saturated rings. The Bertz CT molecular complexity index is 770. The number of nitrogens with two attached hydrogens (primary N) is 1. The van der Waals surface area contributed by atoms with Crippen molar-refractivity contribution in [3.8, 4) is 17.6 Å². The summed E-state index contributed by atoms with van der Waals surface area (Å²) in [5.41, 5.74) is 5.97. The van der Waals surface area contributed by atoms with Gasteiger partial charge in [-0.2, -0.15) is 5.26 Å². The zero-order chi connectivity index (χ0) is 18.6. The Hall–Kier alpha value is -3.01. The molecule has 0 aliphatic carbocycles. The fourth-order valence-corrected chi connectivity index (χ4v) is 2.47. The molecular formula is C18H20N2O5. The van der Waals surface area contributed by atoms with Gasteiger partial charge < -0.3 is 19.9 Å². The van der Waals surface area contributed by atoms with Gasteiger partial charge in [0.15, 0.2) is 24.7 Å². The van der Waals surface area contributed by atoms with E-state index in [-0.39, 0.29) is 23.5 Å². The molecule has 1 aliphatic rings. The molecule has 1 aliphatic heterocycles. The lowest BCUT2D eigenvalue weighted by molar-refractivity contribution is -0.149. The van der Waals surface area contributed by atoms with Crippen LogP contribution in [0.25, 0.3) is 0 Å². The first-order valence-corrected chi connectivity index (χ1v) is 7.72. The largest absolute Gasteiger partial charge is 0.483 e. The number of nitrogens with zero attached hydrogens (tertiary/aromatic N) is 1. The number of allylic oxidation sites excluding steroid dienone is 1. The predicted molar refractivity (Wildman–Crippen MR) is 88.8 cm³/mol. The fraction of sp³-hybridized carbons (Fsp3) is 0.389. The van der Waals surface area contributed by atoms with Crippen molar-refractivity contribution in [2.24, 2.45) is 5.73 Å². The minimum atomic E-state index is -0.727. The molecule has 2 rings (SSSR count). The van der Waals surface area contributed by atoms with Crippen LogP contribution in [-0.4, -0.2) is 30.6 Å². The van der Waals surface area contributed by atoms with Gasteiger partial charge in [0.25, 0.3) is 0 Å². The molecule has 0 amide bonds. The van der Waals surface area contributed by atoms with E-state index < -0.39 is 18.4 Å². The molecule has 0 saturated carbocycles. The normalized spacial score (nSPS) is 15.3. The Kier molecular flexibility index (Phi) is 5.32. The van der Waals surface area contributed by atoms with Crippen molar-refractivity contribution in [1.82, 2.24) is 0 Å². The Balaban J connectivity index is 1.91. The highest BCUT2D eigenvalue weighted by molar-refractivity contribution is 6.01. The van der Waals surface area contributed by atoms with Crippen LogP contribution in [-0.2, 0) is 20.7 Å². The lowest BCUT2D eigenvalue weighted by Gasteiger charge is -2.18. The summed E-state index contributed by atoms with van der Waals surface area (Å²) >= 11 is 0. The average Bonchev–Trinajstić information content (AvgIpc) is 2.85. The van der Waals surface area contributed by atoms with E-state index in [9.17, 15) is 9.59 Å². The van der Waals surface area contributed by atoms with Crippen molar-refractivity contribution < 1.29 is 23.8 Å². The maximum Gasteiger partial charge on any atom is 0.344 e. The van der Waals surface area contributed by atoms with E-state index in [4.69, 9.17) is 25.2 Å². The van der Waals surface area contributed by atoms with E-state index in [1.165, 1.54) is 6.92 Å². The number of rotatable bonds is 6. The first kappa shape index (κ1) is 18.3.